The van der Waals surface area contributed by atoms with Gasteiger partial charge in [-0.3, -0.25) is 19.3 Å². The van der Waals surface area contributed by atoms with Gasteiger partial charge in [-0.2, -0.15) is 0 Å². The third-order valence-corrected chi connectivity index (χ3v) is 3.45. The first kappa shape index (κ1) is 13.7. The molecule has 19 heavy (non-hydrogen) atoms. The maximum absolute atomic E-state index is 11.8. The number of nitrogens with two attached hydrogens (primary N) is 1. The van der Waals surface area contributed by atoms with Crippen molar-refractivity contribution in [2.45, 2.75) is 31.7 Å². The fraction of sp³-hybridized carbons (Fsp3) is 0.615. The van der Waals surface area contributed by atoms with Gasteiger partial charge in [0.2, 0.25) is 5.91 Å². The SMILES string of the molecule is NCCCCCNC(=O)[C@H]1CC1N1C(=O)C=CC1=O. The minimum Gasteiger partial charge on any atom is -0.356 e. The van der Waals surface area contributed by atoms with Crippen molar-refractivity contribution in [3.05, 3.63) is 12.2 Å². The van der Waals surface area contributed by atoms with Crippen LogP contribution in [0.1, 0.15) is 25.7 Å². The van der Waals surface area contributed by atoms with Crippen molar-refractivity contribution in [1.82, 2.24) is 10.2 Å². The molecule has 1 aliphatic heterocycles. The summed E-state index contributed by atoms with van der Waals surface area (Å²) in [7, 11) is 0. The smallest absolute Gasteiger partial charge is 0.253 e. The maximum Gasteiger partial charge on any atom is 0.253 e. The van der Waals surface area contributed by atoms with Crippen molar-refractivity contribution in [2.75, 3.05) is 13.1 Å². The Morgan fingerprint density at radius 1 is 1.26 bits per heavy atom. The van der Waals surface area contributed by atoms with Gasteiger partial charge in [-0.1, -0.05) is 6.42 Å². The van der Waals surface area contributed by atoms with E-state index in [0.717, 1.165) is 19.3 Å². The number of unbranched alkanes of at least 4 members (excludes halogenated alkanes) is 2. The topological polar surface area (TPSA) is 92.5 Å². The molecule has 3 amide bonds. The number of hydrogen-bond donors (Lipinski definition) is 2. The molecule has 0 bridgehead atoms. The number of carbonyl (C=O) groups excluding carboxylic acids is 3. The predicted octanol–water partition coefficient (Wildman–Crippen LogP) is -0.455. The predicted molar refractivity (Wildman–Crippen MR) is 68.8 cm³/mol. The molecule has 0 aromatic heterocycles. The zero-order chi connectivity index (χ0) is 13.8. The number of nitrogens with zero attached hydrogens (tertiary/aromatic N) is 1. The minimum absolute atomic E-state index is 0.0646. The number of imide groups is 1. The van der Waals surface area contributed by atoms with Crippen LogP contribution in [0.5, 0.6) is 0 Å². The fourth-order valence-electron chi connectivity index (χ4n) is 2.28. The molecule has 0 aromatic carbocycles. The van der Waals surface area contributed by atoms with E-state index in [1.165, 1.54) is 17.1 Å². The van der Waals surface area contributed by atoms with Crippen molar-refractivity contribution < 1.29 is 14.4 Å². The molecule has 6 nitrogen and oxygen atoms in total. The van der Waals surface area contributed by atoms with Crippen LogP contribution < -0.4 is 11.1 Å². The van der Waals surface area contributed by atoms with E-state index in [2.05, 4.69) is 5.32 Å². The van der Waals surface area contributed by atoms with Crippen LogP contribution in [0.3, 0.4) is 0 Å². The van der Waals surface area contributed by atoms with E-state index in [9.17, 15) is 14.4 Å². The fourth-order valence-corrected chi connectivity index (χ4v) is 2.28. The highest BCUT2D eigenvalue weighted by Gasteiger charge is 2.51. The summed E-state index contributed by atoms with van der Waals surface area (Å²) in [6, 6.07) is -0.251. The van der Waals surface area contributed by atoms with Crippen molar-refractivity contribution in [3.63, 3.8) is 0 Å². The summed E-state index contributed by atoms with van der Waals surface area (Å²) in [5.41, 5.74) is 5.38. The molecule has 1 saturated carbocycles. The molecule has 1 fully saturated rings. The van der Waals surface area contributed by atoms with Crippen LogP contribution in [-0.4, -0.2) is 41.8 Å². The Labute approximate surface area is 112 Å². The standard InChI is InChI=1S/C13H19N3O3/c14-6-2-1-3-7-15-13(19)9-8-10(9)16-11(17)4-5-12(16)18/h4-5,9-10H,1-3,6-8,14H2,(H,15,19)/t9-,10?/m0/s1. The van der Waals surface area contributed by atoms with Crippen LogP contribution in [0.4, 0.5) is 0 Å². The lowest BCUT2D eigenvalue weighted by molar-refractivity contribution is -0.137. The first-order chi connectivity index (χ1) is 9.15. The third kappa shape index (κ3) is 3.20. The van der Waals surface area contributed by atoms with Crippen molar-refractivity contribution >= 4 is 17.7 Å². The Morgan fingerprint density at radius 3 is 2.58 bits per heavy atom. The molecule has 6 heteroatoms. The van der Waals surface area contributed by atoms with E-state index >= 15 is 0 Å². The van der Waals surface area contributed by atoms with Gasteiger partial charge in [0.15, 0.2) is 0 Å². The lowest BCUT2D eigenvalue weighted by Crippen LogP contribution is -2.36. The molecular weight excluding hydrogens is 246 g/mol. The minimum atomic E-state index is -0.312. The number of hydrogen-bond acceptors (Lipinski definition) is 4. The van der Waals surface area contributed by atoms with Gasteiger partial charge in [-0.25, -0.2) is 0 Å². The van der Waals surface area contributed by atoms with E-state index in [1.807, 2.05) is 0 Å². The van der Waals surface area contributed by atoms with Gasteiger partial charge < -0.3 is 11.1 Å². The van der Waals surface area contributed by atoms with Gasteiger partial charge in [-0.05, 0) is 25.8 Å². The first-order valence-electron chi connectivity index (χ1n) is 6.68. The molecule has 0 radical (unpaired) electrons. The van der Waals surface area contributed by atoms with Gasteiger partial charge >= 0.3 is 0 Å². The second kappa shape index (κ2) is 5.97. The van der Waals surface area contributed by atoms with Crippen LogP contribution >= 0.6 is 0 Å². The zero-order valence-corrected chi connectivity index (χ0v) is 10.8. The average Bonchev–Trinajstić information content (AvgIpc) is 3.10. The molecule has 2 atom stereocenters. The number of amides is 3. The van der Waals surface area contributed by atoms with E-state index in [-0.39, 0.29) is 29.7 Å². The second-order valence-corrected chi connectivity index (χ2v) is 4.93. The van der Waals surface area contributed by atoms with Crippen LogP contribution in [0, 0.1) is 5.92 Å². The van der Waals surface area contributed by atoms with Gasteiger partial charge in [0.1, 0.15) is 0 Å². The van der Waals surface area contributed by atoms with Crippen LogP contribution in [0.2, 0.25) is 0 Å². The Bertz CT molecular complexity index is 401. The van der Waals surface area contributed by atoms with E-state index in [0.29, 0.717) is 19.5 Å². The summed E-state index contributed by atoms with van der Waals surface area (Å²) >= 11 is 0. The summed E-state index contributed by atoms with van der Waals surface area (Å²) in [5, 5.41) is 2.84. The van der Waals surface area contributed by atoms with Crippen molar-refractivity contribution in [1.29, 1.82) is 0 Å². The largest absolute Gasteiger partial charge is 0.356 e. The number of rotatable bonds is 7. The van der Waals surface area contributed by atoms with E-state index in [4.69, 9.17) is 5.73 Å². The lowest BCUT2D eigenvalue weighted by Gasteiger charge is -2.13. The lowest BCUT2D eigenvalue weighted by atomic mass is 10.2. The Kier molecular flexibility index (Phi) is 4.31. The molecule has 2 aliphatic rings. The highest BCUT2D eigenvalue weighted by molar-refractivity contribution is 6.13. The van der Waals surface area contributed by atoms with Crippen LogP contribution in [0.15, 0.2) is 12.2 Å². The van der Waals surface area contributed by atoms with Crippen LogP contribution in [-0.2, 0) is 14.4 Å². The summed E-state index contributed by atoms with van der Waals surface area (Å²) in [5.74, 6) is -0.922. The number of carbonyl (C=O) groups is 3. The molecule has 0 saturated heterocycles. The molecule has 1 unspecified atom stereocenters. The number of nitrogens with one attached hydrogen (secondary N) is 1. The highest BCUT2D eigenvalue weighted by Crippen LogP contribution is 2.37. The highest BCUT2D eigenvalue weighted by atomic mass is 16.2. The zero-order valence-electron chi connectivity index (χ0n) is 10.8. The molecular formula is C13H19N3O3. The molecule has 0 spiro atoms. The van der Waals surface area contributed by atoms with Gasteiger partial charge in [0.05, 0.1) is 12.0 Å². The maximum atomic E-state index is 11.8. The van der Waals surface area contributed by atoms with E-state index < -0.39 is 0 Å². The molecule has 0 aromatic rings. The third-order valence-electron chi connectivity index (χ3n) is 3.45. The molecule has 2 rings (SSSR count). The van der Waals surface area contributed by atoms with E-state index in [1.54, 1.807) is 0 Å². The summed E-state index contributed by atoms with van der Waals surface area (Å²) < 4.78 is 0. The Morgan fingerprint density at radius 2 is 1.95 bits per heavy atom. The monoisotopic (exact) mass is 265 g/mol. The van der Waals surface area contributed by atoms with Gasteiger partial charge in [-0.15, -0.1) is 0 Å². The average molecular weight is 265 g/mol. The summed E-state index contributed by atoms with van der Waals surface area (Å²) in [6.45, 7) is 1.30. The van der Waals surface area contributed by atoms with Gasteiger partial charge in [0.25, 0.3) is 11.8 Å². The van der Waals surface area contributed by atoms with Gasteiger partial charge in [0, 0.05) is 18.7 Å². The molecule has 3 N–H and O–H groups in total. The molecule has 1 heterocycles. The summed E-state index contributed by atoms with van der Waals surface area (Å²) in [4.78, 5) is 35.9. The molecule has 1 aliphatic carbocycles. The van der Waals surface area contributed by atoms with Crippen molar-refractivity contribution in [3.8, 4) is 0 Å². The quantitative estimate of drug-likeness (QED) is 0.481. The van der Waals surface area contributed by atoms with Crippen LogP contribution in [0.25, 0.3) is 0 Å². The second-order valence-electron chi connectivity index (χ2n) is 4.93. The molecule has 104 valence electrons. The Balaban J connectivity index is 1.69. The first-order valence-corrected chi connectivity index (χ1v) is 6.68. The normalized spacial score (nSPS) is 25.0. The van der Waals surface area contributed by atoms with Crippen molar-refractivity contribution in [2.24, 2.45) is 11.7 Å². The summed E-state index contributed by atoms with van der Waals surface area (Å²) in [6.07, 6.45) is 5.95. The Hall–Kier alpha value is -1.69.